The van der Waals surface area contributed by atoms with Gasteiger partial charge >= 0.3 is 5.97 Å². The molecule has 0 saturated heterocycles. The molecule has 0 atom stereocenters. The number of nitrogens with zero attached hydrogens (tertiary/aromatic N) is 1. The molecule has 0 spiro atoms. The molecule has 88 valence electrons. The fraction of sp³-hybridized carbons (Fsp3) is 0.167. The number of aromatic nitrogens is 1. The molecule has 5 heteroatoms. The highest BCUT2D eigenvalue weighted by molar-refractivity contribution is 6.30. The molecule has 0 aliphatic heterocycles. The molecule has 1 heterocycles. The Morgan fingerprint density at radius 1 is 1.53 bits per heavy atom. The molecule has 17 heavy (non-hydrogen) atoms. The predicted octanol–water partition coefficient (Wildman–Crippen LogP) is 3.17. The lowest BCUT2D eigenvalue weighted by Crippen LogP contribution is -2.04. The molecule has 2 aromatic rings. The first-order valence-electron chi connectivity index (χ1n) is 5.10. The van der Waals surface area contributed by atoms with Crippen LogP contribution in [0.2, 0.25) is 5.02 Å². The van der Waals surface area contributed by atoms with Crippen LogP contribution in [0.4, 0.5) is 0 Å². The first-order valence-corrected chi connectivity index (χ1v) is 5.48. The van der Waals surface area contributed by atoms with E-state index in [-0.39, 0.29) is 0 Å². The van der Waals surface area contributed by atoms with Gasteiger partial charge in [0.25, 0.3) is 0 Å². The summed E-state index contributed by atoms with van der Waals surface area (Å²) in [7, 11) is 0. The zero-order valence-corrected chi connectivity index (χ0v) is 9.90. The van der Waals surface area contributed by atoms with Crippen LogP contribution in [0.15, 0.2) is 35.0 Å². The highest BCUT2D eigenvalue weighted by Crippen LogP contribution is 2.26. The van der Waals surface area contributed by atoms with Gasteiger partial charge in [-0.15, -0.1) is 0 Å². The van der Waals surface area contributed by atoms with Gasteiger partial charge in [-0.2, -0.15) is 0 Å². The molecule has 0 saturated carbocycles. The summed E-state index contributed by atoms with van der Waals surface area (Å²) in [5, 5.41) is 4.18. The van der Waals surface area contributed by atoms with E-state index in [0.29, 0.717) is 28.5 Å². The summed E-state index contributed by atoms with van der Waals surface area (Å²) in [5.74, 6) is -0.0883. The number of rotatable bonds is 3. The van der Waals surface area contributed by atoms with E-state index in [9.17, 15) is 4.79 Å². The van der Waals surface area contributed by atoms with Crippen molar-refractivity contribution in [3.63, 3.8) is 0 Å². The van der Waals surface area contributed by atoms with Crippen molar-refractivity contribution < 1.29 is 14.1 Å². The van der Waals surface area contributed by atoms with E-state index >= 15 is 0 Å². The third kappa shape index (κ3) is 2.47. The standard InChI is InChI=1S/C12H10ClNO3/c1-2-16-12(15)10-7-14-17-11(10)8-4-3-5-9(13)6-8/h3-7H,2H2,1H3. The second-order valence-electron chi connectivity index (χ2n) is 3.30. The molecule has 1 aromatic carbocycles. The van der Waals surface area contributed by atoms with Crippen molar-refractivity contribution in [1.29, 1.82) is 0 Å². The number of ether oxygens (including phenoxy) is 1. The topological polar surface area (TPSA) is 52.3 Å². The molecular formula is C12H10ClNO3. The van der Waals surface area contributed by atoms with E-state index < -0.39 is 5.97 Å². The van der Waals surface area contributed by atoms with Crippen molar-refractivity contribution in [3.05, 3.63) is 41.0 Å². The number of benzene rings is 1. The first kappa shape index (κ1) is 11.7. The Kier molecular flexibility index (Phi) is 3.44. The summed E-state index contributed by atoms with van der Waals surface area (Å²) in [4.78, 5) is 11.6. The molecule has 0 bridgehead atoms. The largest absolute Gasteiger partial charge is 0.462 e. The second-order valence-corrected chi connectivity index (χ2v) is 3.74. The zero-order chi connectivity index (χ0) is 12.3. The number of hydrogen-bond donors (Lipinski definition) is 0. The fourth-order valence-corrected chi connectivity index (χ4v) is 1.62. The van der Waals surface area contributed by atoms with Gasteiger partial charge in [0.05, 0.1) is 12.8 Å². The SMILES string of the molecule is CCOC(=O)c1cnoc1-c1cccc(Cl)c1. The van der Waals surface area contributed by atoms with Gasteiger partial charge in [-0.25, -0.2) is 4.79 Å². The van der Waals surface area contributed by atoms with Crippen molar-refractivity contribution in [2.45, 2.75) is 6.92 Å². The van der Waals surface area contributed by atoms with Gasteiger partial charge in [0.2, 0.25) is 0 Å². The number of carbonyl (C=O) groups is 1. The summed E-state index contributed by atoms with van der Waals surface area (Å²) in [6, 6.07) is 7.00. The van der Waals surface area contributed by atoms with E-state index in [1.165, 1.54) is 6.20 Å². The van der Waals surface area contributed by atoms with Crippen molar-refractivity contribution in [3.8, 4) is 11.3 Å². The van der Waals surface area contributed by atoms with E-state index in [4.69, 9.17) is 20.9 Å². The van der Waals surface area contributed by atoms with Crippen LogP contribution in [-0.4, -0.2) is 17.7 Å². The number of esters is 1. The third-order valence-electron chi connectivity index (χ3n) is 2.15. The van der Waals surface area contributed by atoms with Crippen molar-refractivity contribution in [1.82, 2.24) is 5.16 Å². The lowest BCUT2D eigenvalue weighted by molar-refractivity contribution is 0.0527. The van der Waals surface area contributed by atoms with Crippen LogP contribution in [0.5, 0.6) is 0 Å². The minimum atomic E-state index is -0.455. The Hall–Kier alpha value is -1.81. The van der Waals surface area contributed by atoms with Crippen molar-refractivity contribution in [2.24, 2.45) is 0 Å². The minimum Gasteiger partial charge on any atom is -0.462 e. The monoisotopic (exact) mass is 251 g/mol. The van der Waals surface area contributed by atoms with Gasteiger partial charge in [0.1, 0.15) is 5.56 Å². The van der Waals surface area contributed by atoms with Crippen LogP contribution in [-0.2, 0) is 4.74 Å². The second kappa shape index (κ2) is 5.01. The first-order chi connectivity index (χ1) is 8.22. The predicted molar refractivity (Wildman–Crippen MR) is 62.9 cm³/mol. The van der Waals surface area contributed by atoms with E-state index in [0.717, 1.165) is 0 Å². The Labute approximate surface area is 103 Å². The molecule has 1 aromatic heterocycles. The maximum absolute atomic E-state index is 11.6. The Bertz CT molecular complexity index is 536. The quantitative estimate of drug-likeness (QED) is 0.787. The molecule has 0 aliphatic rings. The molecule has 0 radical (unpaired) electrons. The normalized spacial score (nSPS) is 10.2. The van der Waals surface area contributed by atoms with Crippen LogP contribution in [0.3, 0.4) is 0 Å². The average molecular weight is 252 g/mol. The maximum Gasteiger partial charge on any atom is 0.343 e. The Morgan fingerprint density at radius 3 is 3.06 bits per heavy atom. The van der Waals surface area contributed by atoms with Gasteiger partial charge in [0.15, 0.2) is 5.76 Å². The number of hydrogen-bond acceptors (Lipinski definition) is 4. The molecule has 0 unspecified atom stereocenters. The number of carbonyl (C=O) groups excluding carboxylic acids is 1. The van der Waals surface area contributed by atoms with Gasteiger partial charge in [0, 0.05) is 10.6 Å². The molecule has 0 fully saturated rings. The van der Waals surface area contributed by atoms with E-state index in [1.54, 1.807) is 31.2 Å². The van der Waals surface area contributed by atoms with Gasteiger partial charge in [-0.3, -0.25) is 0 Å². The van der Waals surface area contributed by atoms with Crippen molar-refractivity contribution in [2.75, 3.05) is 6.61 Å². The van der Waals surface area contributed by atoms with Crippen LogP contribution < -0.4 is 0 Å². The molecule has 4 nitrogen and oxygen atoms in total. The Balaban J connectivity index is 2.40. The summed E-state index contributed by atoms with van der Waals surface area (Å²) in [6.45, 7) is 2.05. The minimum absolute atomic E-state index is 0.300. The summed E-state index contributed by atoms with van der Waals surface area (Å²) < 4.78 is 9.97. The highest BCUT2D eigenvalue weighted by atomic mass is 35.5. The molecule has 0 aliphatic carbocycles. The van der Waals surface area contributed by atoms with Crippen LogP contribution in [0.1, 0.15) is 17.3 Å². The van der Waals surface area contributed by atoms with Gasteiger partial charge < -0.3 is 9.26 Å². The van der Waals surface area contributed by atoms with Gasteiger partial charge in [-0.1, -0.05) is 28.9 Å². The van der Waals surface area contributed by atoms with Crippen LogP contribution in [0, 0.1) is 0 Å². The van der Waals surface area contributed by atoms with Gasteiger partial charge in [-0.05, 0) is 19.1 Å². The van der Waals surface area contributed by atoms with Crippen LogP contribution in [0.25, 0.3) is 11.3 Å². The Morgan fingerprint density at radius 2 is 2.35 bits per heavy atom. The highest BCUT2D eigenvalue weighted by Gasteiger charge is 2.18. The molecular weight excluding hydrogens is 242 g/mol. The molecule has 0 amide bonds. The van der Waals surface area contributed by atoms with Crippen molar-refractivity contribution >= 4 is 17.6 Å². The smallest absolute Gasteiger partial charge is 0.343 e. The zero-order valence-electron chi connectivity index (χ0n) is 9.14. The maximum atomic E-state index is 11.6. The molecule has 0 N–H and O–H groups in total. The lowest BCUT2D eigenvalue weighted by atomic mass is 10.1. The third-order valence-corrected chi connectivity index (χ3v) is 2.39. The van der Waals surface area contributed by atoms with E-state index in [1.807, 2.05) is 0 Å². The number of halogens is 1. The summed E-state index contributed by atoms with van der Waals surface area (Å²) in [5.41, 5.74) is 0.993. The summed E-state index contributed by atoms with van der Waals surface area (Å²) in [6.07, 6.45) is 1.34. The fourth-order valence-electron chi connectivity index (χ4n) is 1.43. The molecule has 2 rings (SSSR count). The van der Waals surface area contributed by atoms with Crippen LogP contribution >= 0.6 is 11.6 Å². The van der Waals surface area contributed by atoms with E-state index in [2.05, 4.69) is 5.16 Å². The lowest BCUT2D eigenvalue weighted by Gasteiger charge is -2.01. The summed E-state index contributed by atoms with van der Waals surface area (Å²) >= 11 is 5.88. The average Bonchev–Trinajstić information content (AvgIpc) is 2.78.